The molecule has 0 aromatic heterocycles. The number of rotatable bonds is 4. The lowest BCUT2D eigenvalue weighted by Crippen LogP contribution is -2.37. The first-order valence-corrected chi connectivity index (χ1v) is 11.8. The highest BCUT2D eigenvalue weighted by molar-refractivity contribution is 5.96. The molecule has 33 heavy (non-hydrogen) atoms. The molecular weight excluding hydrogens is 410 g/mol. The van der Waals surface area contributed by atoms with Crippen molar-refractivity contribution in [3.63, 3.8) is 0 Å². The summed E-state index contributed by atoms with van der Waals surface area (Å²) in [7, 11) is 3.35. The van der Waals surface area contributed by atoms with Crippen molar-refractivity contribution < 1.29 is 14.3 Å². The molecule has 2 fully saturated rings. The number of fused-ring (bicyclic) bond motifs is 3. The van der Waals surface area contributed by atoms with Crippen LogP contribution in [-0.4, -0.2) is 37.6 Å². The van der Waals surface area contributed by atoms with Crippen LogP contribution >= 0.6 is 0 Å². The van der Waals surface area contributed by atoms with Crippen LogP contribution < -0.4 is 9.47 Å². The lowest BCUT2D eigenvalue weighted by Gasteiger charge is -2.39. The number of ether oxygens (including phenoxy) is 2. The molecule has 4 heteroatoms. The number of likely N-dealkylation sites (tertiary alicyclic amines) is 1. The Labute approximate surface area is 196 Å². The van der Waals surface area contributed by atoms with Crippen molar-refractivity contribution in [2.75, 3.05) is 20.8 Å². The summed E-state index contributed by atoms with van der Waals surface area (Å²) >= 11 is 0. The average Bonchev–Trinajstić information content (AvgIpc) is 3.05. The molecule has 1 aliphatic heterocycles. The summed E-state index contributed by atoms with van der Waals surface area (Å²) in [5.41, 5.74) is 3.26. The van der Waals surface area contributed by atoms with E-state index in [9.17, 15) is 4.79 Å². The van der Waals surface area contributed by atoms with Crippen LogP contribution in [0.1, 0.15) is 50.4 Å². The Morgan fingerprint density at radius 1 is 0.909 bits per heavy atom. The van der Waals surface area contributed by atoms with Gasteiger partial charge >= 0.3 is 0 Å². The van der Waals surface area contributed by atoms with E-state index in [0.717, 1.165) is 52.8 Å². The number of methoxy groups -OCH3 is 2. The smallest absolute Gasteiger partial charge is 0.254 e. The van der Waals surface area contributed by atoms with Crippen molar-refractivity contribution in [2.24, 2.45) is 10.8 Å². The van der Waals surface area contributed by atoms with E-state index >= 15 is 0 Å². The molecule has 3 aromatic rings. The molecule has 1 amide bonds. The van der Waals surface area contributed by atoms with Crippen LogP contribution in [0.3, 0.4) is 0 Å². The summed E-state index contributed by atoms with van der Waals surface area (Å²) in [5.74, 6) is 1.69. The molecule has 3 aromatic carbocycles. The van der Waals surface area contributed by atoms with Crippen molar-refractivity contribution in [2.45, 2.75) is 46.1 Å². The summed E-state index contributed by atoms with van der Waals surface area (Å²) in [6.45, 7) is 7.86. The molecule has 0 radical (unpaired) electrons. The first kappa shape index (κ1) is 21.8. The second-order valence-electron chi connectivity index (χ2n) is 11.0. The van der Waals surface area contributed by atoms with E-state index in [-0.39, 0.29) is 16.7 Å². The Kier molecular flexibility index (Phi) is 5.15. The highest BCUT2D eigenvalue weighted by Crippen LogP contribution is 2.52. The van der Waals surface area contributed by atoms with E-state index in [4.69, 9.17) is 9.47 Å². The van der Waals surface area contributed by atoms with Crippen LogP contribution in [-0.2, 0) is 0 Å². The standard InChI is InChI=1S/C29H33NO3/c1-28(2)15-23-16-29(3,17-28)18-30(23)27(31)22-9-11-25(26(14-22)33-5)21-7-6-20-13-24(32-4)10-8-19(20)12-21/h6-14,23H,15-18H2,1-5H3/t23-,29-/m1/s1. The Bertz CT molecular complexity index is 1230. The van der Waals surface area contributed by atoms with Gasteiger partial charge in [-0.3, -0.25) is 4.79 Å². The van der Waals surface area contributed by atoms with Gasteiger partial charge in [0.25, 0.3) is 5.91 Å². The van der Waals surface area contributed by atoms with Gasteiger partial charge in [0, 0.05) is 23.7 Å². The van der Waals surface area contributed by atoms with Crippen molar-refractivity contribution in [3.05, 3.63) is 60.2 Å². The zero-order valence-electron chi connectivity index (χ0n) is 20.3. The molecule has 172 valence electrons. The molecule has 2 bridgehead atoms. The summed E-state index contributed by atoms with van der Waals surface area (Å²) in [5, 5.41) is 2.26. The molecule has 2 atom stereocenters. The van der Waals surface area contributed by atoms with Gasteiger partial charge in [-0.25, -0.2) is 0 Å². The topological polar surface area (TPSA) is 38.8 Å². The van der Waals surface area contributed by atoms with E-state index in [2.05, 4.69) is 49.9 Å². The minimum Gasteiger partial charge on any atom is -0.497 e. The quantitative estimate of drug-likeness (QED) is 0.458. The van der Waals surface area contributed by atoms with Gasteiger partial charge in [-0.15, -0.1) is 0 Å². The Balaban J connectivity index is 1.45. The number of hydrogen-bond acceptors (Lipinski definition) is 3. The third-order valence-electron chi connectivity index (χ3n) is 7.48. The van der Waals surface area contributed by atoms with Gasteiger partial charge in [-0.05, 0) is 82.8 Å². The van der Waals surface area contributed by atoms with Crippen LogP contribution in [0.25, 0.3) is 21.9 Å². The second kappa shape index (κ2) is 7.79. The number of nitrogens with zero attached hydrogens (tertiary/aromatic N) is 1. The van der Waals surface area contributed by atoms with E-state index < -0.39 is 0 Å². The monoisotopic (exact) mass is 443 g/mol. The van der Waals surface area contributed by atoms with Crippen LogP contribution in [0.2, 0.25) is 0 Å². The minimum atomic E-state index is 0.122. The van der Waals surface area contributed by atoms with Gasteiger partial charge in [0.05, 0.1) is 14.2 Å². The van der Waals surface area contributed by atoms with Gasteiger partial charge in [-0.2, -0.15) is 0 Å². The largest absolute Gasteiger partial charge is 0.497 e. The zero-order valence-corrected chi connectivity index (χ0v) is 20.3. The SMILES string of the molecule is COc1ccc2cc(-c3ccc(C(=O)N4C[C@]5(C)C[C@H]4CC(C)(C)C5)cc3OC)ccc2c1. The molecule has 4 nitrogen and oxygen atoms in total. The van der Waals surface area contributed by atoms with Gasteiger partial charge in [0.15, 0.2) is 0 Å². The number of carbonyl (C=O) groups is 1. The van der Waals surface area contributed by atoms with Crippen molar-refractivity contribution in [1.29, 1.82) is 0 Å². The predicted molar refractivity (Wildman–Crippen MR) is 133 cm³/mol. The molecule has 1 saturated heterocycles. The van der Waals surface area contributed by atoms with E-state index in [1.807, 2.05) is 30.3 Å². The van der Waals surface area contributed by atoms with Gasteiger partial charge < -0.3 is 14.4 Å². The number of benzene rings is 3. The van der Waals surface area contributed by atoms with E-state index in [1.165, 1.54) is 6.42 Å². The molecule has 0 N–H and O–H groups in total. The minimum absolute atomic E-state index is 0.122. The fraction of sp³-hybridized carbons (Fsp3) is 0.414. The van der Waals surface area contributed by atoms with Crippen LogP contribution in [0, 0.1) is 10.8 Å². The zero-order chi connectivity index (χ0) is 23.4. The fourth-order valence-corrected chi connectivity index (χ4v) is 6.44. The van der Waals surface area contributed by atoms with Crippen molar-refractivity contribution in [3.8, 4) is 22.6 Å². The molecule has 0 spiro atoms. The van der Waals surface area contributed by atoms with E-state index in [0.29, 0.717) is 11.6 Å². The molecule has 1 saturated carbocycles. The second-order valence-corrected chi connectivity index (χ2v) is 11.0. The number of carbonyl (C=O) groups excluding carboxylic acids is 1. The third-order valence-corrected chi connectivity index (χ3v) is 7.48. The first-order chi connectivity index (χ1) is 15.7. The Hall–Kier alpha value is -3.01. The highest BCUT2D eigenvalue weighted by Gasteiger charge is 2.51. The van der Waals surface area contributed by atoms with Crippen LogP contribution in [0.15, 0.2) is 54.6 Å². The van der Waals surface area contributed by atoms with Crippen LogP contribution in [0.5, 0.6) is 11.5 Å². The van der Waals surface area contributed by atoms with Gasteiger partial charge in [-0.1, -0.05) is 39.0 Å². The molecule has 2 aliphatic rings. The summed E-state index contributed by atoms with van der Waals surface area (Å²) < 4.78 is 11.1. The van der Waals surface area contributed by atoms with Crippen molar-refractivity contribution >= 4 is 16.7 Å². The maximum Gasteiger partial charge on any atom is 0.254 e. The van der Waals surface area contributed by atoms with Gasteiger partial charge in [0.1, 0.15) is 11.5 Å². The molecule has 1 heterocycles. The van der Waals surface area contributed by atoms with Crippen molar-refractivity contribution in [1.82, 2.24) is 4.90 Å². The summed E-state index contributed by atoms with van der Waals surface area (Å²) in [6.07, 6.45) is 3.36. The average molecular weight is 444 g/mol. The lowest BCUT2D eigenvalue weighted by molar-refractivity contribution is 0.0708. The van der Waals surface area contributed by atoms with Crippen LogP contribution in [0.4, 0.5) is 0 Å². The van der Waals surface area contributed by atoms with E-state index in [1.54, 1.807) is 14.2 Å². The molecule has 5 rings (SSSR count). The highest BCUT2D eigenvalue weighted by atomic mass is 16.5. The summed E-state index contributed by atoms with van der Waals surface area (Å²) in [6, 6.07) is 18.6. The molecule has 1 aliphatic carbocycles. The Morgan fingerprint density at radius 2 is 1.67 bits per heavy atom. The Morgan fingerprint density at radius 3 is 2.42 bits per heavy atom. The van der Waals surface area contributed by atoms with Gasteiger partial charge in [0.2, 0.25) is 0 Å². The number of hydrogen-bond donors (Lipinski definition) is 0. The first-order valence-electron chi connectivity index (χ1n) is 11.8. The maximum atomic E-state index is 13.6. The normalized spacial score (nSPS) is 23.5. The molecular formula is C29H33NO3. The maximum absolute atomic E-state index is 13.6. The summed E-state index contributed by atoms with van der Waals surface area (Å²) in [4.78, 5) is 15.7. The predicted octanol–water partition coefficient (Wildman–Crippen LogP) is 6.56. The lowest BCUT2D eigenvalue weighted by atomic mass is 9.65. The number of amides is 1. The third kappa shape index (κ3) is 3.96. The fourth-order valence-electron chi connectivity index (χ4n) is 6.44. The molecule has 0 unspecified atom stereocenters.